The van der Waals surface area contributed by atoms with Gasteiger partial charge in [-0.05, 0) is 115 Å². The monoisotopic (exact) mass is 456 g/mol. The minimum Gasteiger partial charge on any atom is -0.481 e. The van der Waals surface area contributed by atoms with Gasteiger partial charge in [0.25, 0.3) is 0 Å². The zero-order valence-corrected chi connectivity index (χ0v) is 22.4. The van der Waals surface area contributed by atoms with E-state index >= 15 is 0 Å². The molecule has 0 aliphatic heterocycles. The molecule has 0 saturated heterocycles. The molecule has 33 heavy (non-hydrogen) atoms. The number of carbonyl (C=O) groups excluding carboxylic acids is 1. The molecule has 5 fully saturated rings. The number of aliphatic carboxylic acids is 1. The van der Waals surface area contributed by atoms with Gasteiger partial charge >= 0.3 is 5.97 Å². The highest BCUT2D eigenvalue weighted by Gasteiger charge is 2.71. The number of fused-ring (bicyclic) bond motifs is 7. The Balaban J connectivity index is 1.55. The Kier molecular flexibility index (Phi) is 4.97. The summed E-state index contributed by atoms with van der Waals surface area (Å²) in [5.41, 5.74) is 0.618. The van der Waals surface area contributed by atoms with Crippen molar-refractivity contribution in [2.45, 2.75) is 119 Å². The van der Waals surface area contributed by atoms with Crippen molar-refractivity contribution in [3.8, 4) is 0 Å². The number of carboxylic acid groups (broad SMARTS) is 1. The van der Waals surface area contributed by atoms with Crippen molar-refractivity contribution in [2.24, 2.45) is 56.2 Å². The van der Waals surface area contributed by atoms with E-state index in [9.17, 15) is 14.7 Å². The van der Waals surface area contributed by atoms with Crippen molar-refractivity contribution >= 4 is 11.8 Å². The highest BCUT2D eigenvalue weighted by Crippen LogP contribution is 2.78. The lowest BCUT2D eigenvalue weighted by molar-refractivity contribution is -0.257. The molecule has 0 aromatic heterocycles. The fraction of sp³-hybridized carbons (Fsp3) is 0.933. The lowest BCUT2D eigenvalue weighted by Gasteiger charge is -2.74. The minimum absolute atomic E-state index is 0.180. The van der Waals surface area contributed by atoms with Crippen LogP contribution in [0.25, 0.3) is 0 Å². The average Bonchev–Trinajstić information content (AvgIpc) is 2.73. The number of carboxylic acids is 1. The van der Waals surface area contributed by atoms with Gasteiger partial charge in [-0.3, -0.25) is 9.59 Å². The average molecular weight is 457 g/mol. The molecule has 0 radical (unpaired) electrons. The molecule has 5 aliphatic carbocycles. The number of hydrogen-bond donors (Lipinski definition) is 1. The summed E-state index contributed by atoms with van der Waals surface area (Å²) >= 11 is 0. The molecule has 3 heteroatoms. The van der Waals surface area contributed by atoms with E-state index in [2.05, 4.69) is 41.5 Å². The Morgan fingerprint density at radius 2 is 1.36 bits per heavy atom. The molecule has 5 saturated carbocycles. The number of carbonyl (C=O) groups is 2. The molecular weight excluding hydrogens is 408 g/mol. The summed E-state index contributed by atoms with van der Waals surface area (Å²) in [6.07, 6.45) is 11.7. The van der Waals surface area contributed by atoms with Gasteiger partial charge in [-0.25, -0.2) is 0 Å². The van der Waals surface area contributed by atoms with Crippen LogP contribution in [-0.2, 0) is 9.59 Å². The van der Waals surface area contributed by atoms with E-state index < -0.39 is 11.4 Å². The number of Topliss-reactive ketones (excluding diaryl/α,β-unsaturated/α-hetero) is 1. The van der Waals surface area contributed by atoms with Crippen LogP contribution in [0.1, 0.15) is 119 Å². The first kappa shape index (κ1) is 23.9. The smallest absolute Gasteiger partial charge is 0.309 e. The van der Waals surface area contributed by atoms with Crippen LogP contribution < -0.4 is 0 Å². The minimum atomic E-state index is -0.593. The fourth-order valence-electron chi connectivity index (χ4n) is 11.1. The van der Waals surface area contributed by atoms with Crippen molar-refractivity contribution in [3.63, 3.8) is 0 Å². The molecule has 5 aliphatic rings. The molecule has 0 amide bonds. The van der Waals surface area contributed by atoms with Crippen molar-refractivity contribution in [1.82, 2.24) is 0 Å². The Hall–Kier alpha value is -0.860. The van der Waals surface area contributed by atoms with Crippen LogP contribution in [0.5, 0.6) is 0 Å². The van der Waals surface area contributed by atoms with Crippen LogP contribution in [0.4, 0.5) is 0 Å². The van der Waals surface area contributed by atoms with E-state index in [1.54, 1.807) is 0 Å². The molecular formula is C30H48O3. The van der Waals surface area contributed by atoms with Crippen LogP contribution in [0.3, 0.4) is 0 Å². The van der Waals surface area contributed by atoms with Crippen LogP contribution >= 0.6 is 0 Å². The van der Waals surface area contributed by atoms with Crippen LogP contribution in [0.15, 0.2) is 0 Å². The molecule has 186 valence electrons. The van der Waals surface area contributed by atoms with Crippen molar-refractivity contribution in [3.05, 3.63) is 0 Å². The van der Waals surface area contributed by atoms with E-state index in [4.69, 9.17) is 0 Å². The maximum absolute atomic E-state index is 12.8. The second-order valence-corrected chi connectivity index (χ2v) is 15.1. The third kappa shape index (κ3) is 2.86. The predicted molar refractivity (Wildman–Crippen MR) is 132 cm³/mol. The first-order valence-electron chi connectivity index (χ1n) is 13.9. The normalized spacial score (nSPS) is 58.5. The van der Waals surface area contributed by atoms with Gasteiger partial charge in [0.05, 0.1) is 5.41 Å². The molecule has 0 heterocycles. The third-order valence-electron chi connectivity index (χ3n) is 14.0. The first-order chi connectivity index (χ1) is 15.1. The molecule has 10 atom stereocenters. The lowest BCUT2D eigenvalue weighted by atomic mass is 9.30. The van der Waals surface area contributed by atoms with E-state index in [1.165, 1.54) is 38.5 Å². The maximum Gasteiger partial charge on any atom is 0.309 e. The Bertz CT molecular complexity index is 880. The van der Waals surface area contributed by atoms with Crippen molar-refractivity contribution in [2.75, 3.05) is 0 Å². The zero-order valence-electron chi connectivity index (χ0n) is 22.4. The lowest BCUT2D eigenvalue weighted by Crippen LogP contribution is -2.68. The summed E-state index contributed by atoms with van der Waals surface area (Å²) < 4.78 is 0. The summed E-state index contributed by atoms with van der Waals surface area (Å²) in [4.78, 5) is 25.1. The van der Waals surface area contributed by atoms with Crippen LogP contribution in [-0.4, -0.2) is 16.9 Å². The Morgan fingerprint density at radius 3 is 2.03 bits per heavy atom. The molecule has 1 N–H and O–H groups in total. The highest BCUT2D eigenvalue weighted by atomic mass is 16.4. The van der Waals surface area contributed by atoms with Gasteiger partial charge < -0.3 is 5.11 Å². The summed E-state index contributed by atoms with van der Waals surface area (Å²) in [5, 5.41) is 10.1. The molecule has 0 aromatic rings. The van der Waals surface area contributed by atoms with Crippen LogP contribution in [0.2, 0.25) is 0 Å². The molecule has 3 nitrogen and oxygen atoms in total. The van der Waals surface area contributed by atoms with Gasteiger partial charge in [-0.2, -0.15) is 0 Å². The van der Waals surface area contributed by atoms with Gasteiger partial charge in [-0.1, -0.05) is 41.5 Å². The van der Waals surface area contributed by atoms with Crippen LogP contribution in [0, 0.1) is 56.2 Å². The van der Waals surface area contributed by atoms with Crippen molar-refractivity contribution < 1.29 is 14.7 Å². The second-order valence-electron chi connectivity index (χ2n) is 15.1. The quantitative estimate of drug-likeness (QED) is 0.444. The summed E-state index contributed by atoms with van der Waals surface area (Å²) in [5.74, 6) is 2.01. The summed E-state index contributed by atoms with van der Waals surface area (Å²) in [7, 11) is 0. The Morgan fingerprint density at radius 1 is 0.758 bits per heavy atom. The summed E-state index contributed by atoms with van der Waals surface area (Å²) in [6, 6.07) is 0. The molecule has 0 unspecified atom stereocenters. The predicted octanol–water partition coefficient (Wildman–Crippen LogP) is 7.52. The standard InChI is InChI=1S/C30H48O3/c1-19-16-20(31)17-22-27(19,4)9-8-21-28(22,5)13-15-30(7)23-18-26(3,24(32)33)11-10-25(23,2)12-14-29(21,30)6/h19,21-23H,8-18H2,1-7H3,(H,32,33)/t19-,21+,22+,23-,25+,26+,27+,28+,29+,30-/m0/s1. The first-order valence-corrected chi connectivity index (χ1v) is 13.9. The third-order valence-corrected chi connectivity index (χ3v) is 14.0. The van der Waals surface area contributed by atoms with E-state index in [0.29, 0.717) is 34.9 Å². The SMILES string of the molecule is C[C@H]1CC(=O)C[C@H]2[C@]3(C)CC[C@@]4(C)[C@H]5C[C@](C)(C(=O)O)CC[C@]5(C)CC[C@]4(C)[C@@H]3CC[C@@]21C. The topological polar surface area (TPSA) is 54.4 Å². The number of rotatable bonds is 1. The molecule has 0 aromatic carbocycles. The van der Waals surface area contributed by atoms with Gasteiger partial charge in [0.1, 0.15) is 5.78 Å². The van der Waals surface area contributed by atoms with E-state index in [0.717, 1.165) is 32.1 Å². The van der Waals surface area contributed by atoms with Gasteiger partial charge in [-0.15, -0.1) is 0 Å². The molecule has 0 bridgehead atoms. The van der Waals surface area contributed by atoms with E-state index in [1.807, 2.05) is 6.92 Å². The van der Waals surface area contributed by atoms with Crippen molar-refractivity contribution in [1.29, 1.82) is 0 Å². The largest absolute Gasteiger partial charge is 0.481 e. The second kappa shape index (κ2) is 6.88. The fourth-order valence-corrected chi connectivity index (χ4v) is 11.1. The molecule has 5 rings (SSSR count). The van der Waals surface area contributed by atoms with Gasteiger partial charge in [0.2, 0.25) is 0 Å². The zero-order chi connectivity index (χ0) is 24.2. The maximum atomic E-state index is 12.8. The van der Waals surface area contributed by atoms with Gasteiger partial charge in [0.15, 0.2) is 0 Å². The molecule has 0 spiro atoms. The van der Waals surface area contributed by atoms with E-state index in [-0.39, 0.29) is 21.7 Å². The Labute approximate surface area is 201 Å². The summed E-state index contributed by atoms with van der Waals surface area (Å²) in [6.45, 7) is 17.1. The highest BCUT2D eigenvalue weighted by molar-refractivity contribution is 5.80. The van der Waals surface area contributed by atoms with Gasteiger partial charge in [0, 0.05) is 12.8 Å². The number of hydrogen-bond acceptors (Lipinski definition) is 2. The number of ketones is 1.